The van der Waals surface area contributed by atoms with Crippen molar-refractivity contribution in [2.75, 3.05) is 32.8 Å². The third kappa shape index (κ3) is 6.48. The molecule has 4 rings (SSSR count). The van der Waals surface area contributed by atoms with E-state index in [1.54, 1.807) is 38.1 Å². The van der Waals surface area contributed by atoms with Crippen LogP contribution < -0.4 is 10.5 Å². The third-order valence-electron chi connectivity index (χ3n) is 7.26. The van der Waals surface area contributed by atoms with Gasteiger partial charge in [0.25, 0.3) is 5.91 Å². The minimum Gasteiger partial charge on any atom is -0.493 e. The lowest BCUT2D eigenvalue weighted by Gasteiger charge is -2.34. The number of benzene rings is 2. The van der Waals surface area contributed by atoms with E-state index < -0.39 is 29.3 Å². The van der Waals surface area contributed by atoms with Crippen molar-refractivity contribution < 1.29 is 23.1 Å². The lowest BCUT2D eigenvalue weighted by molar-refractivity contribution is -0.121. The molecule has 2 aliphatic rings. The molecule has 2 amide bonds. The molecule has 2 aromatic carbocycles. The van der Waals surface area contributed by atoms with Crippen LogP contribution in [0.15, 0.2) is 36.4 Å². The third-order valence-corrected chi connectivity index (χ3v) is 7.26. The van der Waals surface area contributed by atoms with Gasteiger partial charge in [-0.1, -0.05) is 6.07 Å². The summed E-state index contributed by atoms with van der Waals surface area (Å²) in [4.78, 5) is 28.0. The highest BCUT2D eigenvalue weighted by molar-refractivity contribution is 5.98. The number of amides is 2. The number of primary amides is 1. The predicted octanol–water partition coefficient (Wildman–Crippen LogP) is 4.29. The van der Waals surface area contributed by atoms with E-state index in [0.29, 0.717) is 60.9 Å². The molecule has 0 aliphatic carbocycles. The van der Waals surface area contributed by atoms with E-state index >= 15 is 4.39 Å². The van der Waals surface area contributed by atoms with Crippen LogP contribution in [0.5, 0.6) is 5.75 Å². The second-order valence-electron chi connectivity index (χ2n) is 10.8. The normalized spacial score (nSPS) is 18.8. The zero-order valence-corrected chi connectivity index (χ0v) is 21.9. The van der Waals surface area contributed by atoms with Crippen molar-refractivity contribution in [3.05, 3.63) is 53.3 Å². The lowest BCUT2D eigenvalue weighted by Crippen LogP contribution is -2.43. The molecule has 202 valence electrons. The molecule has 2 heterocycles. The van der Waals surface area contributed by atoms with Crippen molar-refractivity contribution in [3.63, 3.8) is 0 Å². The maximum Gasteiger partial charge on any atom is 0.257 e. The Hall–Kier alpha value is -3.51. The molecule has 0 radical (unpaired) electrons. The first-order valence-corrected chi connectivity index (χ1v) is 13.0. The Balaban J connectivity index is 1.41. The minimum atomic E-state index is -1.21. The zero-order valence-electron chi connectivity index (χ0n) is 21.9. The molecule has 7 nitrogen and oxygen atoms in total. The van der Waals surface area contributed by atoms with Gasteiger partial charge in [-0.2, -0.15) is 5.26 Å². The monoisotopic (exact) mass is 524 g/mol. The van der Waals surface area contributed by atoms with Crippen LogP contribution >= 0.6 is 0 Å². The number of alkyl halides is 1. The van der Waals surface area contributed by atoms with Crippen molar-refractivity contribution in [3.8, 4) is 22.9 Å². The average molecular weight is 525 g/mol. The molecule has 0 bridgehead atoms. The number of nitrogens with zero attached hydrogens (tertiary/aromatic N) is 3. The fraction of sp³-hybridized carbons (Fsp3) is 0.483. The van der Waals surface area contributed by atoms with Gasteiger partial charge < -0.3 is 20.3 Å². The van der Waals surface area contributed by atoms with Crippen LogP contribution in [0.25, 0.3) is 11.1 Å². The van der Waals surface area contributed by atoms with Gasteiger partial charge in [-0.25, -0.2) is 8.78 Å². The van der Waals surface area contributed by atoms with Crippen molar-refractivity contribution in [2.45, 2.75) is 51.2 Å². The molecular formula is C29H34F2N4O3. The Bertz CT molecular complexity index is 1230. The summed E-state index contributed by atoms with van der Waals surface area (Å²) in [5.74, 6) is -0.993. The largest absolute Gasteiger partial charge is 0.493 e. The number of ether oxygens (including phenoxy) is 1. The molecule has 0 aromatic heterocycles. The van der Waals surface area contributed by atoms with E-state index in [4.69, 9.17) is 10.5 Å². The summed E-state index contributed by atoms with van der Waals surface area (Å²) in [6, 6.07) is 10.7. The Kier molecular flexibility index (Phi) is 8.32. The van der Waals surface area contributed by atoms with Crippen LogP contribution in [0, 0.1) is 23.1 Å². The van der Waals surface area contributed by atoms with Gasteiger partial charge in [0.15, 0.2) is 0 Å². The van der Waals surface area contributed by atoms with Gasteiger partial charge in [0.05, 0.1) is 23.8 Å². The molecule has 2 saturated heterocycles. The van der Waals surface area contributed by atoms with Gasteiger partial charge in [0.1, 0.15) is 23.3 Å². The van der Waals surface area contributed by atoms with Gasteiger partial charge in [-0.3, -0.25) is 9.59 Å². The molecule has 38 heavy (non-hydrogen) atoms. The molecule has 9 heteroatoms. The topological polar surface area (TPSA) is 99.7 Å². The molecule has 2 fully saturated rings. The highest BCUT2D eigenvalue weighted by Gasteiger charge is 2.34. The summed E-state index contributed by atoms with van der Waals surface area (Å²) in [5, 5.41) is 9.74. The Morgan fingerprint density at radius 2 is 1.87 bits per heavy atom. The molecule has 2 aromatic rings. The first-order valence-electron chi connectivity index (χ1n) is 13.0. The first-order chi connectivity index (χ1) is 18.1. The van der Waals surface area contributed by atoms with Crippen LogP contribution in [-0.2, 0) is 4.79 Å². The number of carbonyl (C=O) groups excluding carboxylic acids is 2. The summed E-state index contributed by atoms with van der Waals surface area (Å²) in [5.41, 5.74) is 5.36. The van der Waals surface area contributed by atoms with E-state index in [9.17, 15) is 19.2 Å². The summed E-state index contributed by atoms with van der Waals surface area (Å²) in [7, 11) is 0. The van der Waals surface area contributed by atoms with Crippen molar-refractivity contribution in [1.29, 1.82) is 5.26 Å². The standard InChI is InChI=1S/C29H34F2N4O3/c1-29(2,31)18-34-12-9-19(10-13-34)17-38-22-6-8-23(21(14-22)16-32)20-5-7-24(25(30)15-20)28(37)35-11-3-4-26(35)27(33)36/h5-8,14-15,19,26H,3-4,9-13,17-18H2,1-2H3,(H2,33,36). The number of halogens is 2. The second kappa shape index (κ2) is 11.5. The van der Waals surface area contributed by atoms with Crippen LogP contribution in [0.4, 0.5) is 8.78 Å². The van der Waals surface area contributed by atoms with Crippen LogP contribution in [0.1, 0.15) is 55.5 Å². The Labute approximate surface area is 222 Å². The van der Waals surface area contributed by atoms with Gasteiger partial charge in [-0.15, -0.1) is 0 Å². The maximum absolute atomic E-state index is 15.0. The number of likely N-dealkylation sites (tertiary alicyclic amines) is 2. The summed E-state index contributed by atoms with van der Waals surface area (Å²) < 4.78 is 34.9. The highest BCUT2D eigenvalue weighted by Crippen LogP contribution is 2.30. The van der Waals surface area contributed by atoms with Crippen molar-refractivity contribution in [1.82, 2.24) is 9.80 Å². The van der Waals surface area contributed by atoms with Gasteiger partial charge >= 0.3 is 0 Å². The number of carbonyl (C=O) groups is 2. The van der Waals surface area contributed by atoms with Crippen LogP contribution in [0.3, 0.4) is 0 Å². The quantitative estimate of drug-likeness (QED) is 0.555. The summed E-state index contributed by atoms with van der Waals surface area (Å²) in [6.45, 7) is 6.12. The van der Waals surface area contributed by atoms with Gasteiger partial charge in [0.2, 0.25) is 5.91 Å². The number of nitrogens with two attached hydrogens (primary N) is 1. The number of nitriles is 1. The molecule has 2 aliphatic heterocycles. The number of rotatable bonds is 8. The van der Waals surface area contributed by atoms with Crippen molar-refractivity contribution in [2.24, 2.45) is 11.7 Å². The zero-order chi connectivity index (χ0) is 27.4. The van der Waals surface area contributed by atoms with Gasteiger partial charge in [0, 0.05) is 13.1 Å². The molecule has 0 saturated carbocycles. The average Bonchev–Trinajstić information content (AvgIpc) is 3.37. The van der Waals surface area contributed by atoms with Crippen molar-refractivity contribution >= 4 is 11.8 Å². The van der Waals surface area contributed by atoms with E-state index in [2.05, 4.69) is 11.0 Å². The van der Waals surface area contributed by atoms with E-state index in [-0.39, 0.29) is 5.56 Å². The first kappa shape index (κ1) is 27.5. The smallest absolute Gasteiger partial charge is 0.257 e. The molecule has 1 atom stereocenters. The predicted molar refractivity (Wildman–Crippen MR) is 140 cm³/mol. The maximum atomic E-state index is 15.0. The number of hydrogen-bond acceptors (Lipinski definition) is 5. The number of hydrogen-bond donors (Lipinski definition) is 1. The van der Waals surface area contributed by atoms with E-state index in [1.807, 2.05) is 0 Å². The lowest BCUT2D eigenvalue weighted by atomic mass is 9.96. The SMILES string of the molecule is CC(C)(F)CN1CCC(COc2ccc(-c3ccc(C(=O)N4CCCC4C(N)=O)c(F)c3)c(C#N)c2)CC1. The second-order valence-corrected chi connectivity index (χ2v) is 10.8. The molecule has 2 N–H and O–H groups in total. The Morgan fingerprint density at radius 1 is 1.13 bits per heavy atom. The molecular weight excluding hydrogens is 490 g/mol. The Morgan fingerprint density at radius 3 is 2.50 bits per heavy atom. The molecule has 1 unspecified atom stereocenters. The van der Waals surface area contributed by atoms with Crippen LogP contribution in [0.2, 0.25) is 0 Å². The van der Waals surface area contributed by atoms with E-state index in [0.717, 1.165) is 25.9 Å². The van der Waals surface area contributed by atoms with Gasteiger partial charge in [-0.05, 0) is 100.0 Å². The summed E-state index contributed by atoms with van der Waals surface area (Å²) in [6.07, 6.45) is 2.94. The van der Waals surface area contributed by atoms with E-state index in [1.165, 1.54) is 17.0 Å². The minimum absolute atomic E-state index is 0.138. The fourth-order valence-electron chi connectivity index (χ4n) is 5.33. The highest BCUT2D eigenvalue weighted by atomic mass is 19.1. The molecule has 0 spiro atoms. The summed E-state index contributed by atoms with van der Waals surface area (Å²) >= 11 is 0. The fourth-order valence-corrected chi connectivity index (χ4v) is 5.33. The number of piperidine rings is 1. The van der Waals surface area contributed by atoms with Crippen LogP contribution in [-0.4, -0.2) is 66.1 Å².